The van der Waals surface area contributed by atoms with Crippen molar-refractivity contribution in [3.63, 3.8) is 0 Å². The van der Waals surface area contributed by atoms with Crippen molar-refractivity contribution in [2.75, 3.05) is 0 Å². The SMILES string of the molecule is CC1(C)c2ccccc2-c2cc3c4ccccc4n(-c4ccc5oc6cc(-c7ccc8c(c7)sc7ccccc78)ccc6c5c4)c3cc21. The van der Waals surface area contributed by atoms with E-state index in [-0.39, 0.29) is 5.41 Å². The number of nitrogens with zero attached hydrogens (tertiary/aromatic N) is 1. The fourth-order valence-electron chi connectivity index (χ4n) is 8.43. The lowest BCUT2D eigenvalue weighted by atomic mass is 9.82. The van der Waals surface area contributed by atoms with E-state index >= 15 is 0 Å². The Hall–Kier alpha value is -5.64. The second-order valence-corrected chi connectivity index (χ2v) is 14.8. The van der Waals surface area contributed by atoms with E-state index in [2.05, 4.69) is 158 Å². The summed E-state index contributed by atoms with van der Waals surface area (Å²) in [5.74, 6) is 0. The summed E-state index contributed by atoms with van der Waals surface area (Å²) in [5.41, 5.74) is 13.2. The van der Waals surface area contributed by atoms with Crippen LogP contribution in [0, 0.1) is 0 Å². The van der Waals surface area contributed by atoms with Gasteiger partial charge in [0.2, 0.25) is 0 Å². The molecule has 48 heavy (non-hydrogen) atoms. The van der Waals surface area contributed by atoms with Gasteiger partial charge in [-0.2, -0.15) is 0 Å². The molecule has 0 bridgehead atoms. The molecule has 0 saturated heterocycles. The number of hydrogen-bond acceptors (Lipinski definition) is 2. The summed E-state index contributed by atoms with van der Waals surface area (Å²) in [6, 6.07) is 51.4. The third kappa shape index (κ3) is 3.46. The molecule has 7 aromatic carbocycles. The minimum absolute atomic E-state index is 0.0642. The van der Waals surface area contributed by atoms with E-state index in [1.807, 2.05) is 11.3 Å². The van der Waals surface area contributed by atoms with Gasteiger partial charge in [0.1, 0.15) is 11.2 Å². The van der Waals surface area contributed by atoms with Crippen molar-refractivity contribution >= 4 is 75.3 Å². The van der Waals surface area contributed by atoms with Crippen LogP contribution in [0.3, 0.4) is 0 Å². The predicted octanol–water partition coefficient (Wildman–Crippen LogP) is 13.0. The number of benzene rings is 7. The molecular weight excluding hydrogens is 603 g/mol. The highest BCUT2D eigenvalue weighted by Gasteiger charge is 2.36. The summed E-state index contributed by atoms with van der Waals surface area (Å²) >= 11 is 1.86. The van der Waals surface area contributed by atoms with Crippen LogP contribution in [0.5, 0.6) is 0 Å². The third-order valence-corrected chi connectivity index (χ3v) is 11.9. The molecule has 3 heteroatoms. The zero-order chi connectivity index (χ0) is 31.7. The minimum atomic E-state index is -0.0642. The van der Waals surface area contributed by atoms with Gasteiger partial charge in [0.05, 0.1) is 11.0 Å². The molecular formula is C45H29NOS. The van der Waals surface area contributed by atoms with Crippen molar-refractivity contribution in [1.29, 1.82) is 0 Å². The van der Waals surface area contributed by atoms with Crippen LogP contribution < -0.4 is 0 Å². The van der Waals surface area contributed by atoms with E-state index in [1.165, 1.54) is 75.4 Å². The molecule has 0 atom stereocenters. The van der Waals surface area contributed by atoms with Crippen molar-refractivity contribution in [1.82, 2.24) is 4.57 Å². The van der Waals surface area contributed by atoms with Crippen molar-refractivity contribution < 1.29 is 4.42 Å². The van der Waals surface area contributed by atoms with Gasteiger partial charge in [-0.1, -0.05) is 92.7 Å². The Balaban J connectivity index is 1.08. The van der Waals surface area contributed by atoms with Gasteiger partial charge in [-0.25, -0.2) is 0 Å². The average molecular weight is 632 g/mol. The zero-order valence-electron chi connectivity index (χ0n) is 26.5. The maximum absolute atomic E-state index is 6.51. The number of para-hydroxylation sites is 1. The summed E-state index contributed by atoms with van der Waals surface area (Å²) < 4.78 is 11.6. The van der Waals surface area contributed by atoms with Crippen LogP contribution in [0.2, 0.25) is 0 Å². The molecule has 10 aromatic rings. The lowest BCUT2D eigenvalue weighted by molar-refractivity contribution is 0.661. The molecule has 0 saturated carbocycles. The maximum Gasteiger partial charge on any atom is 0.136 e. The molecule has 0 spiro atoms. The van der Waals surface area contributed by atoms with Crippen molar-refractivity contribution in [3.05, 3.63) is 151 Å². The fraction of sp³-hybridized carbons (Fsp3) is 0.0667. The Morgan fingerprint density at radius 3 is 2.15 bits per heavy atom. The Labute approximate surface area is 281 Å². The number of furan rings is 1. The normalized spacial score (nSPS) is 13.8. The van der Waals surface area contributed by atoms with Crippen LogP contribution in [-0.2, 0) is 5.41 Å². The van der Waals surface area contributed by atoms with E-state index in [9.17, 15) is 0 Å². The average Bonchev–Trinajstić information content (AvgIpc) is 3.83. The Bertz CT molecular complexity index is 2990. The molecule has 3 heterocycles. The molecule has 11 rings (SSSR count). The minimum Gasteiger partial charge on any atom is -0.456 e. The zero-order valence-corrected chi connectivity index (χ0v) is 27.4. The summed E-state index contributed by atoms with van der Waals surface area (Å²) in [4.78, 5) is 0. The number of fused-ring (bicyclic) bond motifs is 12. The lowest BCUT2D eigenvalue weighted by Gasteiger charge is -2.21. The van der Waals surface area contributed by atoms with Crippen LogP contribution in [0.25, 0.3) is 91.9 Å². The van der Waals surface area contributed by atoms with Gasteiger partial charge in [-0.05, 0) is 94.0 Å². The Morgan fingerprint density at radius 2 is 1.23 bits per heavy atom. The van der Waals surface area contributed by atoms with Crippen LogP contribution in [-0.4, -0.2) is 4.57 Å². The summed E-state index contributed by atoms with van der Waals surface area (Å²) in [6.07, 6.45) is 0. The van der Waals surface area contributed by atoms with Crippen molar-refractivity contribution in [3.8, 4) is 27.9 Å². The first-order chi connectivity index (χ1) is 23.5. The molecule has 0 fully saturated rings. The first kappa shape index (κ1) is 26.4. The number of hydrogen-bond donors (Lipinski definition) is 0. The molecule has 1 aliphatic carbocycles. The highest BCUT2D eigenvalue weighted by atomic mass is 32.1. The van der Waals surface area contributed by atoms with E-state index in [0.717, 1.165) is 27.6 Å². The summed E-state index contributed by atoms with van der Waals surface area (Å²) in [7, 11) is 0. The van der Waals surface area contributed by atoms with Gasteiger partial charge in [-0.3, -0.25) is 0 Å². The third-order valence-electron chi connectivity index (χ3n) is 10.8. The van der Waals surface area contributed by atoms with Gasteiger partial charge in [-0.15, -0.1) is 11.3 Å². The van der Waals surface area contributed by atoms with Gasteiger partial charge in [0, 0.05) is 52.8 Å². The topological polar surface area (TPSA) is 18.1 Å². The van der Waals surface area contributed by atoms with Gasteiger partial charge < -0.3 is 8.98 Å². The highest BCUT2D eigenvalue weighted by molar-refractivity contribution is 7.25. The summed E-state index contributed by atoms with van der Waals surface area (Å²) in [6.45, 7) is 4.71. The van der Waals surface area contributed by atoms with Crippen molar-refractivity contribution in [2.24, 2.45) is 0 Å². The fourth-order valence-corrected chi connectivity index (χ4v) is 9.58. The number of rotatable bonds is 2. The van der Waals surface area contributed by atoms with Gasteiger partial charge >= 0.3 is 0 Å². The molecule has 0 amide bonds. The highest BCUT2D eigenvalue weighted by Crippen LogP contribution is 2.51. The second kappa shape index (κ2) is 9.25. The largest absolute Gasteiger partial charge is 0.456 e. The van der Waals surface area contributed by atoms with E-state index in [0.29, 0.717) is 0 Å². The summed E-state index contributed by atoms with van der Waals surface area (Å²) in [5, 5.41) is 7.48. The molecule has 0 radical (unpaired) electrons. The Morgan fingerprint density at radius 1 is 0.479 bits per heavy atom. The van der Waals surface area contributed by atoms with E-state index in [4.69, 9.17) is 4.42 Å². The van der Waals surface area contributed by atoms with Gasteiger partial charge in [0.25, 0.3) is 0 Å². The Kier molecular flexibility index (Phi) is 5.09. The lowest BCUT2D eigenvalue weighted by Crippen LogP contribution is -2.14. The molecule has 3 aromatic heterocycles. The standard InChI is InChI=1S/C45H29NOS/c1-45(2)37-12-6-3-9-29(37)34-24-35-30-10-4-7-13-39(30)46(40(35)25-38(34)45)28-17-20-41-36(23-28)31-18-15-26(21-42(31)47-41)27-16-19-33-32-11-5-8-14-43(32)48-44(33)22-27/h3-25H,1-2H3. The molecule has 1 aliphatic rings. The number of thiophene rings is 1. The molecule has 0 N–H and O–H groups in total. The van der Waals surface area contributed by atoms with Crippen LogP contribution >= 0.6 is 11.3 Å². The second-order valence-electron chi connectivity index (χ2n) is 13.7. The van der Waals surface area contributed by atoms with Crippen LogP contribution in [0.15, 0.2) is 144 Å². The van der Waals surface area contributed by atoms with Gasteiger partial charge in [0.15, 0.2) is 0 Å². The predicted molar refractivity (Wildman–Crippen MR) is 204 cm³/mol. The monoisotopic (exact) mass is 631 g/mol. The van der Waals surface area contributed by atoms with Crippen molar-refractivity contribution in [2.45, 2.75) is 19.3 Å². The first-order valence-electron chi connectivity index (χ1n) is 16.6. The quantitative estimate of drug-likeness (QED) is 0.186. The molecule has 226 valence electrons. The smallest absolute Gasteiger partial charge is 0.136 e. The maximum atomic E-state index is 6.51. The van der Waals surface area contributed by atoms with E-state index in [1.54, 1.807) is 0 Å². The number of aromatic nitrogens is 1. The van der Waals surface area contributed by atoms with E-state index < -0.39 is 0 Å². The molecule has 0 unspecified atom stereocenters. The molecule has 0 aliphatic heterocycles. The molecule has 2 nitrogen and oxygen atoms in total. The van der Waals surface area contributed by atoms with Crippen LogP contribution in [0.4, 0.5) is 0 Å². The van der Waals surface area contributed by atoms with Crippen LogP contribution in [0.1, 0.15) is 25.0 Å². The first-order valence-corrected chi connectivity index (χ1v) is 17.4.